The number of methoxy groups -OCH3 is 2. The number of ether oxygens (including phenoxy) is 3. The third kappa shape index (κ3) is 5.26. The minimum absolute atomic E-state index is 0.0937. The molecule has 35 heavy (non-hydrogen) atoms. The molecule has 0 amide bonds. The Morgan fingerprint density at radius 2 is 1.83 bits per heavy atom. The first-order valence-electron chi connectivity index (χ1n) is 10.6. The molecule has 1 N–H and O–H groups in total. The molecule has 10 nitrogen and oxygen atoms in total. The zero-order valence-corrected chi connectivity index (χ0v) is 20.2. The summed E-state index contributed by atoms with van der Waals surface area (Å²) in [5.74, 6) is 0.203. The Labute approximate surface area is 202 Å². The SMILES string of the molecule is COCCOc1cnc2ccc(-c3cnc(OC)c(NS(=O)(=O)c4cccc(C)c4)c3)cn2c1=O. The average Bonchev–Trinajstić information content (AvgIpc) is 2.85. The fourth-order valence-corrected chi connectivity index (χ4v) is 4.55. The Kier molecular flexibility index (Phi) is 6.99. The van der Waals surface area contributed by atoms with E-state index in [1.807, 2.05) is 13.0 Å². The second-order valence-corrected chi connectivity index (χ2v) is 9.30. The maximum atomic E-state index is 13.0. The average molecular weight is 497 g/mol. The van der Waals surface area contributed by atoms with E-state index < -0.39 is 10.0 Å². The Morgan fingerprint density at radius 3 is 2.57 bits per heavy atom. The van der Waals surface area contributed by atoms with Gasteiger partial charge >= 0.3 is 0 Å². The van der Waals surface area contributed by atoms with E-state index in [1.54, 1.807) is 43.6 Å². The Morgan fingerprint density at radius 1 is 1.00 bits per heavy atom. The highest BCUT2D eigenvalue weighted by Gasteiger charge is 2.18. The van der Waals surface area contributed by atoms with Crippen LogP contribution in [-0.4, -0.2) is 50.2 Å². The lowest BCUT2D eigenvalue weighted by molar-refractivity contribution is 0.145. The number of anilines is 1. The van der Waals surface area contributed by atoms with E-state index in [0.717, 1.165) is 5.56 Å². The van der Waals surface area contributed by atoms with E-state index in [4.69, 9.17) is 14.2 Å². The van der Waals surface area contributed by atoms with Crippen molar-refractivity contribution in [3.8, 4) is 22.8 Å². The number of hydrogen-bond acceptors (Lipinski definition) is 8. The van der Waals surface area contributed by atoms with E-state index in [2.05, 4.69) is 14.7 Å². The van der Waals surface area contributed by atoms with Crippen molar-refractivity contribution in [1.82, 2.24) is 14.4 Å². The monoisotopic (exact) mass is 496 g/mol. The molecular weight excluding hydrogens is 472 g/mol. The molecule has 0 unspecified atom stereocenters. The molecule has 3 aromatic heterocycles. The molecule has 1 aromatic carbocycles. The fourth-order valence-electron chi connectivity index (χ4n) is 3.40. The number of rotatable bonds is 9. The number of benzene rings is 1. The van der Waals surface area contributed by atoms with Gasteiger partial charge in [0, 0.05) is 30.6 Å². The summed E-state index contributed by atoms with van der Waals surface area (Å²) in [7, 11) is -0.945. The Balaban J connectivity index is 1.72. The van der Waals surface area contributed by atoms with E-state index in [9.17, 15) is 13.2 Å². The van der Waals surface area contributed by atoms with Crippen molar-refractivity contribution < 1.29 is 22.6 Å². The fraction of sp³-hybridized carbons (Fsp3) is 0.208. The van der Waals surface area contributed by atoms with Gasteiger partial charge in [0.15, 0.2) is 0 Å². The van der Waals surface area contributed by atoms with E-state index in [1.165, 1.54) is 30.0 Å². The first-order chi connectivity index (χ1) is 16.8. The lowest BCUT2D eigenvalue weighted by atomic mass is 10.1. The summed E-state index contributed by atoms with van der Waals surface area (Å²) >= 11 is 0. The molecular formula is C24H24N4O6S. The summed E-state index contributed by atoms with van der Waals surface area (Å²) < 4.78 is 45.5. The molecule has 182 valence electrons. The summed E-state index contributed by atoms with van der Waals surface area (Å²) in [5.41, 5.74) is 2.20. The molecule has 0 fully saturated rings. The molecule has 0 aliphatic rings. The zero-order chi connectivity index (χ0) is 25.0. The summed E-state index contributed by atoms with van der Waals surface area (Å²) in [4.78, 5) is 21.5. The van der Waals surface area contributed by atoms with Crippen molar-refractivity contribution in [2.45, 2.75) is 11.8 Å². The van der Waals surface area contributed by atoms with Gasteiger partial charge in [-0.15, -0.1) is 0 Å². The summed E-state index contributed by atoms with van der Waals surface area (Å²) in [6, 6.07) is 11.6. The normalized spacial score (nSPS) is 11.4. The molecule has 0 aliphatic carbocycles. The van der Waals surface area contributed by atoms with Crippen LogP contribution < -0.4 is 19.8 Å². The molecule has 0 radical (unpaired) electrons. The molecule has 4 aromatic rings. The van der Waals surface area contributed by atoms with Crippen LogP contribution in [0, 0.1) is 6.92 Å². The highest BCUT2D eigenvalue weighted by Crippen LogP contribution is 2.30. The first kappa shape index (κ1) is 24.2. The van der Waals surface area contributed by atoms with Crippen LogP contribution in [0.5, 0.6) is 11.6 Å². The smallest absolute Gasteiger partial charge is 0.300 e. The number of aryl methyl sites for hydroxylation is 1. The van der Waals surface area contributed by atoms with Crippen LogP contribution in [-0.2, 0) is 14.8 Å². The summed E-state index contributed by atoms with van der Waals surface area (Å²) in [6.07, 6.45) is 4.50. The molecule has 0 saturated carbocycles. The van der Waals surface area contributed by atoms with Crippen LogP contribution >= 0.6 is 0 Å². The minimum atomic E-state index is -3.89. The maximum Gasteiger partial charge on any atom is 0.300 e. The number of pyridine rings is 2. The third-order valence-corrected chi connectivity index (χ3v) is 6.50. The number of nitrogens with zero attached hydrogens (tertiary/aromatic N) is 3. The highest BCUT2D eigenvalue weighted by atomic mass is 32.2. The Hall–Kier alpha value is -3.96. The molecule has 11 heteroatoms. The second-order valence-electron chi connectivity index (χ2n) is 7.62. The van der Waals surface area contributed by atoms with Gasteiger partial charge in [-0.3, -0.25) is 13.9 Å². The van der Waals surface area contributed by atoms with Crippen LogP contribution in [0.2, 0.25) is 0 Å². The van der Waals surface area contributed by atoms with Crippen molar-refractivity contribution in [2.24, 2.45) is 0 Å². The van der Waals surface area contributed by atoms with Gasteiger partial charge in [0.2, 0.25) is 11.6 Å². The van der Waals surface area contributed by atoms with Crippen LogP contribution in [0.1, 0.15) is 5.56 Å². The number of aromatic nitrogens is 3. The van der Waals surface area contributed by atoms with Crippen LogP contribution in [0.25, 0.3) is 16.8 Å². The zero-order valence-electron chi connectivity index (χ0n) is 19.4. The van der Waals surface area contributed by atoms with Gasteiger partial charge < -0.3 is 14.2 Å². The minimum Gasteiger partial charge on any atom is -0.484 e. The number of nitrogens with one attached hydrogen (secondary N) is 1. The van der Waals surface area contributed by atoms with Gasteiger partial charge in [-0.2, -0.15) is 0 Å². The standard InChI is InChI=1S/C24H24N4O6S/c1-16-5-4-6-19(11-16)35(30,31)27-20-12-18(13-26-23(20)33-3)17-7-8-22-25-14-21(34-10-9-32-2)24(29)28(22)15-17/h4-8,11-15,27H,9-10H2,1-3H3. The van der Waals surface area contributed by atoms with Crippen LogP contribution in [0.3, 0.4) is 0 Å². The van der Waals surface area contributed by atoms with Gasteiger partial charge in [0.05, 0.1) is 24.8 Å². The van der Waals surface area contributed by atoms with E-state index in [-0.39, 0.29) is 34.4 Å². The molecule has 0 atom stereocenters. The summed E-state index contributed by atoms with van der Waals surface area (Å²) in [6.45, 7) is 2.36. The van der Waals surface area contributed by atoms with Gasteiger partial charge in [0.25, 0.3) is 15.6 Å². The highest BCUT2D eigenvalue weighted by molar-refractivity contribution is 7.92. The van der Waals surface area contributed by atoms with Gasteiger partial charge in [-0.25, -0.2) is 18.4 Å². The molecule has 4 rings (SSSR count). The van der Waals surface area contributed by atoms with Gasteiger partial charge in [0.1, 0.15) is 17.9 Å². The summed E-state index contributed by atoms with van der Waals surface area (Å²) in [5, 5.41) is 0. The van der Waals surface area contributed by atoms with Gasteiger partial charge in [-0.05, 0) is 42.8 Å². The molecule has 0 aliphatic heterocycles. The van der Waals surface area contributed by atoms with Crippen LogP contribution in [0.4, 0.5) is 5.69 Å². The van der Waals surface area contributed by atoms with Crippen molar-refractivity contribution in [3.05, 3.63) is 77.0 Å². The van der Waals surface area contributed by atoms with E-state index in [0.29, 0.717) is 23.4 Å². The maximum absolute atomic E-state index is 13.0. The lowest BCUT2D eigenvalue weighted by Crippen LogP contribution is -2.19. The number of hydrogen-bond donors (Lipinski definition) is 1. The second kappa shape index (κ2) is 10.1. The molecule has 0 spiro atoms. The van der Waals surface area contributed by atoms with Gasteiger partial charge in [-0.1, -0.05) is 12.1 Å². The van der Waals surface area contributed by atoms with Crippen molar-refractivity contribution in [2.75, 3.05) is 32.2 Å². The quantitative estimate of drug-likeness (QED) is 0.351. The van der Waals surface area contributed by atoms with Crippen molar-refractivity contribution >= 4 is 21.4 Å². The molecule has 3 heterocycles. The van der Waals surface area contributed by atoms with E-state index >= 15 is 0 Å². The lowest BCUT2D eigenvalue weighted by Gasteiger charge is -2.13. The predicted octanol–water partition coefficient (Wildman–Crippen LogP) is 2.90. The third-order valence-electron chi connectivity index (χ3n) is 5.14. The molecule has 0 bridgehead atoms. The van der Waals surface area contributed by atoms with Crippen LogP contribution in [0.15, 0.2) is 70.7 Å². The number of fused-ring (bicyclic) bond motifs is 1. The number of sulfonamides is 1. The van der Waals surface area contributed by atoms with Crippen molar-refractivity contribution in [3.63, 3.8) is 0 Å². The first-order valence-corrected chi connectivity index (χ1v) is 12.1. The molecule has 0 saturated heterocycles. The largest absolute Gasteiger partial charge is 0.484 e. The topological polar surface area (TPSA) is 121 Å². The predicted molar refractivity (Wildman–Crippen MR) is 131 cm³/mol. The van der Waals surface area contributed by atoms with Crippen molar-refractivity contribution in [1.29, 1.82) is 0 Å². The Bertz CT molecular complexity index is 1540.